The van der Waals surface area contributed by atoms with Crippen molar-refractivity contribution in [3.63, 3.8) is 0 Å². The highest BCUT2D eigenvalue weighted by Crippen LogP contribution is 2.24. The Hall–Kier alpha value is -0.870. The van der Waals surface area contributed by atoms with Gasteiger partial charge in [-0.3, -0.25) is 4.79 Å². The Morgan fingerprint density at radius 1 is 1.69 bits per heavy atom. The Labute approximate surface area is 99.7 Å². The quantitative estimate of drug-likeness (QED) is 0.855. The smallest absolute Gasteiger partial charge is 0.264 e. The van der Waals surface area contributed by atoms with Gasteiger partial charge in [-0.05, 0) is 31.4 Å². The van der Waals surface area contributed by atoms with E-state index in [4.69, 9.17) is 0 Å². The fraction of sp³-hybridized carbons (Fsp3) is 0.583. The van der Waals surface area contributed by atoms with Gasteiger partial charge in [-0.2, -0.15) is 0 Å². The third kappa shape index (κ3) is 2.13. The summed E-state index contributed by atoms with van der Waals surface area (Å²) in [5.41, 5.74) is 1.20. The maximum atomic E-state index is 12.1. The molecule has 88 valence electrons. The highest BCUT2D eigenvalue weighted by Gasteiger charge is 2.26. The summed E-state index contributed by atoms with van der Waals surface area (Å²) < 4.78 is 0. The zero-order valence-corrected chi connectivity index (χ0v) is 10.5. The van der Waals surface area contributed by atoms with Crippen molar-refractivity contribution in [2.24, 2.45) is 0 Å². The molecule has 0 aliphatic carbocycles. The molecule has 1 atom stereocenters. The van der Waals surface area contributed by atoms with Gasteiger partial charge in [0, 0.05) is 18.0 Å². The first-order chi connectivity index (χ1) is 7.61. The van der Waals surface area contributed by atoms with E-state index in [1.807, 2.05) is 13.0 Å². The van der Waals surface area contributed by atoms with Gasteiger partial charge in [0.25, 0.3) is 5.91 Å². The summed E-state index contributed by atoms with van der Waals surface area (Å²) in [6.45, 7) is 5.31. The molecule has 1 aromatic rings. The van der Waals surface area contributed by atoms with Crippen molar-refractivity contribution in [3.05, 3.63) is 21.4 Å². The number of aryl methyl sites for hydroxylation is 2. The van der Waals surface area contributed by atoms with Crippen LogP contribution in [0.4, 0.5) is 0 Å². The molecule has 0 aromatic carbocycles. The van der Waals surface area contributed by atoms with Crippen molar-refractivity contribution in [3.8, 4) is 0 Å². The molecule has 2 heterocycles. The number of β-amino-alcohol motifs (C(OH)–C–C–N with tert-alkyl or cyclic N) is 1. The summed E-state index contributed by atoms with van der Waals surface area (Å²) in [5.74, 6) is 0.0735. The predicted molar refractivity (Wildman–Crippen MR) is 65.0 cm³/mol. The first-order valence-electron chi connectivity index (χ1n) is 5.68. The summed E-state index contributed by atoms with van der Waals surface area (Å²) in [7, 11) is 0. The lowest BCUT2D eigenvalue weighted by atomic mass is 10.2. The Bertz CT molecular complexity index is 400. The Morgan fingerprint density at radius 2 is 2.44 bits per heavy atom. The van der Waals surface area contributed by atoms with Gasteiger partial charge in [-0.25, -0.2) is 0 Å². The summed E-state index contributed by atoms with van der Waals surface area (Å²) in [6, 6.07) is 1.97. The third-order valence-corrected chi connectivity index (χ3v) is 4.37. The highest BCUT2D eigenvalue weighted by molar-refractivity contribution is 7.14. The third-order valence-electron chi connectivity index (χ3n) is 3.00. The largest absolute Gasteiger partial charge is 0.391 e. The molecule has 16 heavy (non-hydrogen) atoms. The lowest BCUT2D eigenvalue weighted by Gasteiger charge is -2.13. The highest BCUT2D eigenvalue weighted by atomic mass is 32.1. The summed E-state index contributed by atoms with van der Waals surface area (Å²) in [5, 5.41) is 9.41. The van der Waals surface area contributed by atoms with E-state index in [1.54, 1.807) is 16.2 Å². The molecular weight excluding hydrogens is 222 g/mol. The van der Waals surface area contributed by atoms with Gasteiger partial charge in [-0.15, -0.1) is 11.3 Å². The number of nitrogens with zero attached hydrogens (tertiary/aromatic N) is 1. The van der Waals surface area contributed by atoms with Gasteiger partial charge < -0.3 is 10.0 Å². The lowest BCUT2D eigenvalue weighted by molar-refractivity contribution is 0.0769. The van der Waals surface area contributed by atoms with Gasteiger partial charge in [0.1, 0.15) is 0 Å². The van der Waals surface area contributed by atoms with Crippen LogP contribution in [-0.4, -0.2) is 35.1 Å². The lowest BCUT2D eigenvalue weighted by Crippen LogP contribution is -2.28. The van der Waals surface area contributed by atoms with E-state index in [1.165, 1.54) is 10.4 Å². The van der Waals surface area contributed by atoms with Crippen LogP contribution in [0.25, 0.3) is 0 Å². The molecule has 4 heteroatoms. The maximum Gasteiger partial charge on any atom is 0.264 e. The molecule has 0 spiro atoms. The van der Waals surface area contributed by atoms with E-state index in [9.17, 15) is 9.90 Å². The second-order valence-electron chi connectivity index (χ2n) is 4.26. The number of aliphatic hydroxyl groups is 1. The van der Waals surface area contributed by atoms with Crippen LogP contribution in [-0.2, 0) is 6.42 Å². The summed E-state index contributed by atoms with van der Waals surface area (Å²) in [4.78, 5) is 15.9. The first kappa shape index (κ1) is 11.6. The van der Waals surface area contributed by atoms with Gasteiger partial charge in [-0.1, -0.05) is 6.92 Å². The normalized spacial score (nSPS) is 20.4. The Kier molecular flexibility index (Phi) is 3.30. The monoisotopic (exact) mass is 239 g/mol. The van der Waals surface area contributed by atoms with Crippen LogP contribution in [0.3, 0.4) is 0 Å². The van der Waals surface area contributed by atoms with Crippen LogP contribution in [0.15, 0.2) is 6.07 Å². The van der Waals surface area contributed by atoms with Gasteiger partial charge in [0.05, 0.1) is 11.0 Å². The van der Waals surface area contributed by atoms with Crippen LogP contribution < -0.4 is 0 Å². The minimum Gasteiger partial charge on any atom is -0.391 e. The fourth-order valence-electron chi connectivity index (χ4n) is 2.06. The van der Waals surface area contributed by atoms with Crippen LogP contribution in [0.2, 0.25) is 0 Å². The molecule has 1 amide bonds. The summed E-state index contributed by atoms with van der Waals surface area (Å²) >= 11 is 1.58. The Morgan fingerprint density at radius 3 is 2.94 bits per heavy atom. The van der Waals surface area contributed by atoms with Crippen molar-refractivity contribution >= 4 is 17.2 Å². The number of hydrogen-bond donors (Lipinski definition) is 1. The van der Waals surface area contributed by atoms with Crippen molar-refractivity contribution in [1.82, 2.24) is 4.90 Å². The van der Waals surface area contributed by atoms with E-state index in [0.29, 0.717) is 19.5 Å². The van der Waals surface area contributed by atoms with E-state index >= 15 is 0 Å². The molecule has 2 rings (SSSR count). The molecule has 1 aliphatic rings. The van der Waals surface area contributed by atoms with E-state index in [0.717, 1.165) is 11.3 Å². The average Bonchev–Trinajstić information content (AvgIpc) is 2.83. The molecular formula is C12H17NO2S. The number of thiophene rings is 1. The predicted octanol–water partition coefficient (Wildman–Crippen LogP) is 1.83. The van der Waals surface area contributed by atoms with Gasteiger partial charge in [0.2, 0.25) is 0 Å². The second kappa shape index (κ2) is 4.55. The molecule has 1 aliphatic heterocycles. The summed E-state index contributed by atoms with van der Waals surface area (Å²) in [6.07, 6.45) is 1.35. The Balaban J connectivity index is 2.14. The first-order valence-corrected chi connectivity index (χ1v) is 6.50. The zero-order valence-electron chi connectivity index (χ0n) is 9.69. The topological polar surface area (TPSA) is 40.5 Å². The van der Waals surface area contributed by atoms with E-state index < -0.39 is 0 Å². The van der Waals surface area contributed by atoms with E-state index in [-0.39, 0.29) is 12.0 Å². The van der Waals surface area contributed by atoms with Crippen LogP contribution in [0.1, 0.15) is 33.5 Å². The maximum absolute atomic E-state index is 12.1. The number of amides is 1. The van der Waals surface area contributed by atoms with Gasteiger partial charge >= 0.3 is 0 Å². The SMILES string of the molecule is CCc1sc(C(=O)N2CC[C@@H](O)C2)cc1C. The molecule has 1 N–H and O–H groups in total. The fourth-order valence-corrected chi connectivity index (χ4v) is 3.14. The zero-order chi connectivity index (χ0) is 11.7. The number of aliphatic hydroxyl groups excluding tert-OH is 1. The van der Waals surface area contributed by atoms with Crippen LogP contribution >= 0.6 is 11.3 Å². The van der Waals surface area contributed by atoms with E-state index in [2.05, 4.69) is 6.92 Å². The average molecular weight is 239 g/mol. The number of likely N-dealkylation sites (tertiary alicyclic amines) is 1. The van der Waals surface area contributed by atoms with Crippen molar-refractivity contribution in [1.29, 1.82) is 0 Å². The molecule has 1 aromatic heterocycles. The number of rotatable bonds is 2. The minimum absolute atomic E-state index is 0.0735. The minimum atomic E-state index is -0.337. The molecule has 0 radical (unpaired) electrons. The van der Waals surface area contributed by atoms with Crippen molar-refractivity contribution < 1.29 is 9.90 Å². The van der Waals surface area contributed by atoms with Crippen LogP contribution in [0, 0.1) is 6.92 Å². The standard InChI is InChI=1S/C12H17NO2S/c1-3-10-8(2)6-11(16-10)12(15)13-5-4-9(14)7-13/h6,9,14H,3-5,7H2,1-2H3/t9-/m1/s1. The molecule has 0 unspecified atom stereocenters. The number of hydrogen-bond acceptors (Lipinski definition) is 3. The van der Waals surface area contributed by atoms with Crippen molar-refractivity contribution in [2.75, 3.05) is 13.1 Å². The van der Waals surface area contributed by atoms with Crippen LogP contribution in [0.5, 0.6) is 0 Å². The van der Waals surface area contributed by atoms with Crippen molar-refractivity contribution in [2.45, 2.75) is 32.8 Å². The molecule has 0 saturated carbocycles. The number of carbonyl (C=O) groups is 1. The molecule has 1 saturated heterocycles. The molecule has 0 bridgehead atoms. The molecule has 3 nitrogen and oxygen atoms in total. The number of carbonyl (C=O) groups excluding carboxylic acids is 1. The molecule has 1 fully saturated rings. The van der Waals surface area contributed by atoms with Gasteiger partial charge in [0.15, 0.2) is 0 Å². The second-order valence-corrected chi connectivity index (χ2v) is 5.40.